The van der Waals surface area contributed by atoms with E-state index < -0.39 is 0 Å². The topological polar surface area (TPSA) is 17.1 Å². The molecule has 0 saturated carbocycles. The first-order valence-corrected chi connectivity index (χ1v) is 0.561. The average molecular weight is 301 g/mol. The first-order valence-electron chi connectivity index (χ1n) is 0.136. The molecule has 1 nitrogen and oxygen atoms in total. The quantitative estimate of drug-likeness (QED) is 0.551. The number of rotatable bonds is 0. The molecule has 0 aliphatic carbocycles. The van der Waals surface area contributed by atoms with Crippen molar-refractivity contribution < 1.29 is 52.2 Å². The van der Waals surface area contributed by atoms with Gasteiger partial charge in [0.25, 0.3) is 0 Å². The van der Waals surface area contributed by atoms with Crippen molar-refractivity contribution in [2.45, 2.75) is 0 Å². The molecule has 0 heterocycles. The summed E-state index contributed by atoms with van der Waals surface area (Å²) in [5.41, 5.74) is 0. The van der Waals surface area contributed by atoms with Crippen molar-refractivity contribution in [2.24, 2.45) is 0 Å². The van der Waals surface area contributed by atoms with Crippen molar-refractivity contribution >= 4 is 48.9 Å². The van der Waals surface area contributed by atoms with Crippen molar-refractivity contribution in [2.75, 3.05) is 0 Å². The van der Waals surface area contributed by atoms with E-state index in [1.165, 1.54) is 0 Å². The van der Waals surface area contributed by atoms with Crippen LogP contribution in [0, 0.1) is 0 Å². The standard InChI is InChI=1S/Ba.Co.O.Y. The van der Waals surface area contributed by atoms with E-state index in [0.717, 1.165) is 0 Å². The van der Waals surface area contributed by atoms with Crippen molar-refractivity contribution in [1.29, 1.82) is 0 Å². The third kappa shape index (κ3) is 8.88. The molecule has 0 aliphatic rings. The Morgan fingerprint density at radius 3 is 1.25 bits per heavy atom. The molecule has 0 aliphatic heterocycles. The van der Waals surface area contributed by atoms with Gasteiger partial charge in [0.2, 0.25) is 0 Å². The summed E-state index contributed by atoms with van der Waals surface area (Å²) in [6, 6.07) is 0. The Kier molecular flexibility index (Phi) is 65.8. The molecule has 0 bridgehead atoms. The van der Waals surface area contributed by atoms with Crippen LogP contribution >= 0.6 is 0 Å². The minimum atomic E-state index is 0. The predicted octanol–water partition coefficient (Wildman–Crippen LogP) is -0.505. The van der Waals surface area contributed by atoms with Gasteiger partial charge >= 0.3 is 19.5 Å². The third-order valence-electron chi connectivity index (χ3n) is 0. The first kappa shape index (κ1) is 15.8. The Morgan fingerprint density at radius 1 is 1.25 bits per heavy atom. The molecule has 20 valence electrons. The first-order chi connectivity index (χ1) is 1.00. The predicted molar refractivity (Wildman–Crippen MR) is 6.44 cm³/mol. The fourth-order valence-corrected chi connectivity index (χ4v) is 0. The van der Waals surface area contributed by atoms with Crippen LogP contribution in [0.25, 0.3) is 0 Å². The van der Waals surface area contributed by atoms with Gasteiger partial charge in [0.05, 0.1) is 0 Å². The van der Waals surface area contributed by atoms with Gasteiger partial charge in [-0.25, -0.2) is 0 Å². The molecular weight excluding hydrogens is 301 g/mol. The Morgan fingerprint density at radius 2 is 1.25 bits per heavy atom. The number of hydrogen-bond donors (Lipinski definition) is 0. The Bertz CT molecular complexity index is 8.00. The van der Waals surface area contributed by atoms with E-state index >= 15 is 0 Å². The largest absolute Gasteiger partial charge is 0 e. The second kappa shape index (κ2) is 16.7. The molecule has 3 radical (unpaired) electrons. The molecule has 0 saturated heterocycles. The second-order valence-corrected chi connectivity index (χ2v) is 0. The number of hydrogen-bond acceptors (Lipinski definition) is 1. The summed E-state index contributed by atoms with van der Waals surface area (Å²) in [6.07, 6.45) is 0. The second-order valence-electron chi connectivity index (χ2n) is 0. The maximum Gasteiger partial charge on any atom is 0 e. The maximum absolute atomic E-state index is 7.94. The van der Waals surface area contributed by atoms with Gasteiger partial charge in [-0.15, -0.1) is 0 Å². The molecule has 0 unspecified atom stereocenters. The molecule has 0 aromatic rings. The zero-order valence-corrected chi connectivity index (χ0v) is 10.3. The van der Waals surface area contributed by atoms with E-state index in [9.17, 15) is 0 Å². The van der Waals surface area contributed by atoms with Gasteiger partial charge in [-0.3, -0.25) is 0 Å². The zero-order valence-electron chi connectivity index (χ0n) is 2.03. The summed E-state index contributed by atoms with van der Waals surface area (Å²) in [6.45, 7) is 0. The Labute approximate surface area is 98.4 Å². The van der Waals surface area contributed by atoms with Gasteiger partial charge in [0.1, 0.15) is 0 Å². The molecule has 0 spiro atoms. The van der Waals surface area contributed by atoms with Gasteiger partial charge in [-0.2, -0.15) is 0 Å². The average Bonchev–Trinajstić information content (AvgIpc) is 1.00. The Balaban J connectivity index is -0.00000000500. The van der Waals surface area contributed by atoms with Crippen LogP contribution < -0.4 is 0 Å². The van der Waals surface area contributed by atoms with E-state index in [4.69, 9.17) is 3.87 Å². The van der Waals surface area contributed by atoms with E-state index in [-0.39, 0.29) is 81.6 Å². The fraction of sp³-hybridized carbons (Fsp3) is 0. The van der Waals surface area contributed by atoms with Gasteiger partial charge in [-0.05, 0) is 0 Å². The van der Waals surface area contributed by atoms with Crippen LogP contribution in [0.5, 0.6) is 0 Å². The molecule has 0 aromatic heterocycles. The Hall–Kier alpha value is 2.98. The molecule has 4 heteroatoms. The molecule has 0 amide bonds. The normalized spacial score (nSPS) is 1.25. The molecule has 4 heavy (non-hydrogen) atoms. The van der Waals surface area contributed by atoms with Crippen LogP contribution in [-0.4, -0.2) is 48.9 Å². The van der Waals surface area contributed by atoms with Crippen molar-refractivity contribution in [1.82, 2.24) is 0 Å². The molecule has 0 aromatic carbocycles. The van der Waals surface area contributed by atoms with Crippen LogP contribution in [-0.2, 0) is 52.2 Å². The van der Waals surface area contributed by atoms with Crippen LogP contribution in [0.3, 0.4) is 0 Å². The summed E-state index contributed by atoms with van der Waals surface area (Å²) in [5.74, 6) is 0. The van der Waals surface area contributed by atoms with Gasteiger partial charge in [0.15, 0.2) is 0 Å². The van der Waals surface area contributed by atoms with Crippen molar-refractivity contribution in [3.05, 3.63) is 0 Å². The van der Waals surface area contributed by atoms with Crippen LogP contribution in [0.4, 0.5) is 0 Å². The minimum Gasteiger partial charge on any atom is 0 e. The van der Waals surface area contributed by atoms with Crippen molar-refractivity contribution in [3.8, 4) is 0 Å². The SMILES string of the molecule is [Ba].[O]=[Co].[Y]. The van der Waals surface area contributed by atoms with E-state index in [1.807, 2.05) is 0 Å². The molecule has 0 atom stereocenters. The van der Waals surface area contributed by atoms with Crippen LogP contribution in [0.2, 0.25) is 0 Å². The maximum atomic E-state index is 7.94. The molecule has 0 rings (SSSR count). The van der Waals surface area contributed by atoms with Gasteiger partial charge < -0.3 is 0 Å². The minimum absolute atomic E-state index is 0. The van der Waals surface area contributed by atoms with Gasteiger partial charge in [0, 0.05) is 81.6 Å². The van der Waals surface area contributed by atoms with Crippen molar-refractivity contribution in [3.63, 3.8) is 0 Å². The van der Waals surface area contributed by atoms with E-state index in [0.29, 0.717) is 0 Å². The van der Waals surface area contributed by atoms with E-state index in [1.54, 1.807) is 0 Å². The fourth-order valence-electron chi connectivity index (χ4n) is 0. The summed E-state index contributed by atoms with van der Waals surface area (Å²) >= 11 is 2.31. The summed E-state index contributed by atoms with van der Waals surface area (Å²) in [7, 11) is 0. The molecule has 0 fully saturated rings. The van der Waals surface area contributed by atoms with Gasteiger partial charge in [-0.1, -0.05) is 0 Å². The smallest absolute Gasteiger partial charge is 0 e. The summed E-state index contributed by atoms with van der Waals surface area (Å²) in [4.78, 5) is 0. The third-order valence-corrected chi connectivity index (χ3v) is 0. The zero-order chi connectivity index (χ0) is 2.00. The summed E-state index contributed by atoms with van der Waals surface area (Å²) < 4.78 is 7.94. The molecule has 0 N–H and O–H groups in total. The van der Waals surface area contributed by atoms with Crippen LogP contribution in [0.15, 0.2) is 0 Å². The molecular formula is BaCoOY. The monoisotopic (exact) mass is 302 g/mol. The van der Waals surface area contributed by atoms with Crippen LogP contribution in [0.1, 0.15) is 0 Å². The summed E-state index contributed by atoms with van der Waals surface area (Å²) in [5, 5.41) is 0. The van der Waals surface area contributed by atoms with E-state index in [2.05, 4.69) is 15.7 Å².